The Morgan fingerprint density at radius 2 is 2.20 bits per heavy atom. The summed E-state index contributed by atoms with van der Waals surface area (Å²) >= 11 is 0. The average Bonchev–Trinajstić information content (AvgIpc) is 2.77. The summed E-state index contributed by atoms with van der Waals surface area (Å²) < 4.78 is 7.47. The molecule has 0 radical (unpaired) electrons. The van der Waals surface area contributed by atoms with Crippen molar-refractivity contribution in [2.24, 2.45) is 0 Å². The fourth-order valence-electron chi connectivity index (χ4n) is 2.17. The van der Waals surface area contributed by atoms with Gasteiger partial charge in [-0.15, -0.1) is 0 Å². The van der Waals surface area contributed by atoms with Crippen molar-refractivity contribution >= 4 is 11.0 Å². The zero-order valence-electron chi connectivity index (χ0n) is 12.4. The van der Waals surface area contributed by atoms with E-state index in [1.165, 1.54) is 0 Å². The van der Waals surface area contributed by atoms with Gasteiger partial charge in [-0.25, -0.2) is 4.98 Å². The van der Waals surface area contributed by atoms with Crippen molar-refractivity contribution in [3.05, 3.63) is 24.0 Å². The summed E-state index contributed by atoms with van der Waals surface area (Å²) in [6, 6.07) is 8.17. The quantitative estimate of drug-likeness (QED) is 0.839. The Morgan fingerprint density at radius 3 is 2.80 bits per heavy atom. The van der Waals surface area contributed by atoms with Crippen LogP contribution in [0.4, 0.5) is 0 Å². The Bertz CT molecular complexity index is 639. The lowest BCUT2D eigenvalue weighted by Crippen LogP contribution is -2.20. The van der Waals surface area contributed by atoms with Crippen LogP contribution in [-0.2, 0) is 6.54 Å². The van der Waals surface area contributed by atoms with Gasteiger partial charge in [0.15, 0.2) is 0 Å². The molecule has 0 aliphatic carbocycles. The van der Waals surface area contributed by atoms with Crippen LogP contribution >= 0.6 is 0 Å². The molecule has 106 valence electrons. The fourth-order valence-corrected chi connectivity index (χ4v) is 2.17. The van der Waals surface area contributed by atoms with Crippen molar-refractivity contribution in [3.8, 4) is 11.8 Å². The highest BCUT2D eigenvalue weighted by Gasteiger charge is 2.18. The summed E-state index contributed by atoms with van der Waals surface area (Å²) in [6.45, 7) is 4.97. The van der Waals surface area contributed by atoms with Crippen LogP contribution < -0.4 is 4.74 Å². The molecule has 5 nitrogen and oxygen atoms in total. The first-order chi connectivity index (χ1) is 9.58. The molecule has 1 unspecified atom stereocenters. The Hall–Kier alpha value is -2.06. The van der Waals surface area contributed by atoms with E-state index < -0.39 is 0 Å². The number of imidazole rings is 1. The van der Waals surface area contributed by atoms with Gasteiger partial charge in [0.05, 0.1) is 29.8 Å². The van der Waals surface area contributed by atoms with Gasteiger partial charge in [0.1, 0.15) is 18.1 Å². The standard InChI is InChI=1S/C15H20N4O/c1-5-20-12-6-7-14-13(10-12)17-15(11(2)18(3)4)19(14)9-8-16/h6-7,10-11H,5,9H2,1-4H3. The van der Waals surface area contributed by atoms with Crippen molar-refractivity contribution in [2.45, 2.75) is 26.4 Å². The molecule has 0 saturated heterocycles. The summed E-state index contributed by atoms with van der Waals surface area (Å²) in [5, 5.41) is 9.04. The lowest BCUT2D eigenvalue weighted by atomic mass is 10.3. The van der Waals surface area contributed by atoms with Crippen LogP contribution in [0.25, 0.3) is 11.0 Å². The second-order valence-corrected chi connectivity index (χ2v) is 4.94. The Balaban J connectivity index is 2.56. The maximum absolute atomic E-state index is 9.04. The van der Waals surface area contributed by atoms with Gasteiger partial charge in [0, 0.05) is 6.07 Å². The highest BCUT2D eigenvalue weighted by Crippen LogP contribution is 2.26. The lowest BCUT2D eigenvalue weighted by Gasteiger charge is -2.19. The smallest absolute Gasteiger partial charge is 0.127 e. The molecule has 0 aliphatic rings. The molecule has 0 bridgehead atoms. The Kier molecular flexibility index (Phi) is 4.26. The van der Waals surface area contributed by atoms with E-state index in [0.29, 0.717) is 13.2 Å². The number of nitrogens with zero attached hydrogens (tertiary/aromatic N) is 4. The third kappa shape index (κ3) is 2.61. The van der Waals surface area contributed by atoms with Gasteiger partial charge in [-0.2, -0.15) is 5.26 Å². The first kappa shape index (κ1) is 14.4. The first-order valence-electron chi connectivity index (χ1n) is 6.74. The molecule has 0 saturated carbocycles. The predicted molar refractivity (Wildman–Crippen MR) is 78.6 cm³/mol. The fraction of sp³-hybridized carbons (Fsp3) is 0.467. The molecular weight excluding hydrogens is 252 g/mol. The Labute approximate surface area is 119 Å². The van der Waals surface area contributed by atoms with Crippen LogP contribution in [0.5, 0.6) is 5.75 Å². The molecular formula is C15H20N4O. The van der Waals surface area contributed by atoms with Crippen molar-refractivity contribution in [2.75, 3.05) is 20.7 Å². The third-order valence-corrected chi connectivity index (χ3v) is 3.44. The van der Waals surface area contributed by atoms with Gasteiger partial charge < -0.3 is 9.30 Å². The first-order valence-corrected chi connectivity index (χ1v) is 6.74. The van der Waals surface area contributed by atoms with Gasteiger partial charge in [-0.1, -0.05) is 0 Å². The molecule has 1 atom stereocenters. The minimum absolute atomic E-state index is 0.145. The van der Waals surface area contributed by atoms with E-state index in [2.05, 4.69) is 22.9 Å². The molecule has 2 aromatic rings. The van der Waals surface area contributed by atoms with E-state index >= 15 is 0 Å². The summed E-state index contributed by atoms with van der Waals surface area (Å²) in [5.41, 5.74) is 1.84. The van der Waals surface area contributed by atoms with Gasteiger partial charge in [-0.3, -0.25) is 4.90 Å². The number of nitriles is 1. The summed E-state index contributed by atoms with van der Waals surface area (Å²) in [5.74, 6) is 1.71. The van der Waals surface area contributed by atoms with Crippen molar-refractivity contribution in [3.63, 3.8) is 0 Å². The lowest BCUT2D eigenvalue weighted by molar-refractivity contribution is 0.303. The highest BCUT2D eigenvalue weighted by atomic mass is 16.5. The molecule has 1 aromatic heterocycles. The van der Waals surface area contributed by atoms with Gasteiger partial charge in [0.25, 0.3) is 0 Å². The summed E-state index contributed by atoms with van der Waals surface area (Å²) in [6.07, 6.45) is 0. The van der Waals surface area contributed by atoms with Crippen LogP contribution in [0.1, 0.15) is 25.7 Å². The van der Waals surface area contributed by atoms with E-state index in [0.717, 1.165) is 22.6 Å². The van der Waals surface area contributed by atoms with E-state index in [1.807, 2.05) is 43.8 Å². The number of rotatable bonds is 5. The van der Waals surface area contributed by atoms with Gasteiger partial charge >= 0.3 is 0 Å². The monoisotopic (exact) mass is 272 g/mol. The molecule has 1 heterocycles. The number of fused-ring (bicyclic) bond motifs is 1. The SMILES string of the molecule is CCOc1ccc2c(c1)nc(C(C)N(C)C)n2CC#N. The van der Waals surface area contributed by atoms with Crippen LogP contribution in [0.15, 0.2) is 18.2 Å². The third-order valence-electron chi connectivity index (χ3n) is 3.44. The second kappa shape index (κ2) is 5.93. The molecule has 5 heteroatoms. The van der Waals surface area contributed by atoms with Crippen LogP contribution in [-0.4, -0.2) is 35.2 Å². The van der Waals surface area contributed by atoms with Crippen molar-refractivity contribution < 1.29 is 4.74 Å². The Morgan fingerprint density at radius 1 is 1.45 bits per heavy atom. The van der Waals surface area contributed by atoms with E-state index in [-0.39, 0.29) is 6.04 Å². The summed E-state index contributed by atoms with van der Waals surface area (Å²) in [4.78, 5) is 6.77. The normalized spacial score (nSPS) is 12.6. The number of benzene rings is 1. The number of hydrogen-bond donors (Lipinski definition) is 0. The molecule has 2 rings (SSSR count). The number of hydrogen-bond acceptors (Lipinski definition) is 4. The van der Waals surface area contributed by atoms with E-state index in [1.54, 1.807) is 0 Å². The van der Waals surface area contributed by atoms with E-state index in [4.69, 9.17) is 10.00 Å². The maximum Gasteiger partial charge on any atom is 0.127 e. The van der Waals surface area contributed by atoms with Gasteiger partial charge in [0.2, 0.25) is 0 Å². The van der Waals surface area contributed by atoms with Gasteiger partial charge in [-0.05, 0) is 40.1 Å². The average molecular weight is 272 g/mol. The second-order valence-electron chi connectivity index (χ2n) is 4.94. The highest BCUT2D eigenvalue weighted by molar-refractivity contribution is 5.78. The van der Waals surface area contributed by atoms with Crippen LogP contribution in [0.2, 0.25) is 0 Å². The minimum atomic E-state index is 0.145. The van der Waals surface area contributed by atoms with E-state index in [9.17, 15) is 0 Å². The molecule has 1 aromatic carbocycles. The summed E-state index contributed by atoms with van der Waals surface area (Å²) in [7, 11) is 4.01. The molecule has 0 spiro atoms. The zero-order valence-corrected chi connectivity index (χ0v) is 12.4. The number of aromatic nitrogens is 2. The largest absolute Gasteiger partial charge is 0.494 e. The predicted octanol–water partition coefficient (Wildman–Crippen LogP) is 2.58. The van der Waals surface area contributed by atoms with Crippen molar-refractivity contribution in [1.29, 1.82) is 5.26 Å². The zero-order chi connectivity index (χ0) is 14.7. The molecule has 0 amide bonds. The van der Waals surface area contributed by atoms with Crippen molar-refractivity contribution in [1.82, 2.24) is 14.5 Å². The molecule has 0 aliphatic heterocycles. The molecule has 0 N–H and O–H groups in total. The minimum Gasteiger partial charge on any atom is -0.494 e. The maximum atomic E-state index is 9.04. The molecule has 0 fully saturated rings. The number of ether oxygens (including phenoxy) is 1. The topological polar surface area (TPSA) is 54.1 Å². The van der Waals surface area contributed by atoms with Crippen LogP contribution in [0, 0.1) is 11.3 Å². The molecule has 20 heavy (non-hydrogen) atoms. The van der Waals surface area contributed by atoms with Crippen LogP contribution in [0.3, 0.4) is 0 Å².